The van der Waals surface area contributed by atoms with Crippen LogP contribution in [0.15, 0.2) is 83.7 Å². The van der Waals surface area contributed by atoms with Crippen molar-refractivity contribution in [1.82, 2.24) is 25.8 Å². The van der Waals surface area contributed by atoms with E-state index in [1.807, 2.05) is 54.6 Å². The lowest BCUT2D eigenvalue weighted by atomic mass is 10.0. The van der Waals surface area contributed by atoms with Gasteiger partial charge in [0, 0.05) is 61.8 Å². The number of aromatic amines is 1. The number of aromatic nitrogens is 1. The molecule has 0 aliphatic carbocycles. The first-order valence-corrected chi connectivity index (χ1v) is 19.4. The lowest BCUT2D eigenvalue weighted by Gasteiger charge is -2.31. The predicted molar refractivity (Wildman–Crippen MR) is 211 cm³/mol. The standard InChI is InChI=1S/C41H44F6N6O8/c42-40(43,44)36(55)60-32-15-13-29(30-14-16-34(54)52-35(30)32)33(61-37(56)41(45,46)47)25-48-19-7-2-8-20-49-38(57)50-21-24-53-22-17-27(18-23-53)59-39(58)51-31-12-6-5-11-28(31)26-9-3-1-4-10-26/h1,3-6,9-16,27,33,48H,2,7-8,17-25H2,(H,51,58)(H,52,54)(H2,49,50,57)/t33-/m0/s1. The number of rotatable bonds is 17. The molecular weight excluding hydrogens is 818 g/mol. The van der Waals surface area contributed by atoms with Crippen molar-refractivity contribution in [2.75, 3.05) is 51.1 Å². The minimum absolute atomic E-state index is 0.113. The number of piperidine rings is 1. The van der Waals surface area contributed by atoms with Crippen LogP contribution >= 0.6 is 0 Å². The highest BCUT2D eigenvalue weighted by molar-refractivity contribution is 5.92. The van der Waals surface area contributed by atoms with Gasteiger partial charge in [0.1, 0.15) is 12.2 Å². The summed E-state index contributed by atoms with van der Waals surface area (Å²) in [6.45, 7) is 2.60. The quantitative estimate of drug-likeness (QED) is 0.0337. The van der Waals surface area contributed by atoms with Crippen LogP contribution in [0.2, 0.25) is 0 Å². The van der Waals surface area contributed by atoms with E-state index in [1.54, 1.807) is 0 Å². The maximum absolute atomic E-state index is 13.2. The van der Waals surface area contributed by atoms with Crippen LogP contribution in [0.5, 0.6) is 5.75 Å². The number of hydrogen-bond donors (Lipinski definition) is 5. The molecule has 0 bridgehead atoms. The van der Waals surface area contributed by atoms with Gasteiger partial charge in [-0.3, -0.25) is 10.1 Å². The zero-order valence-electron chi connectivity index (χ0n) is 32.6. The summed E-state index contributed by atoms with van der Waals surface area (Å²) < 4.78 is 92.8. The first kappa shape index (κ1) is 45.9. The number of ether oxygens (including phenoxy) is 3. The molecule has 328 valence electrons. The number of carbonyl (C=O) groups excluding carboxylic acids is 4. The third-order valence-corrected chi connectivity index (χ3v) is 9.57. The number of H-pyrrole nitrogens is 1. The fourth-order valence-electron chi connectivity index (χ4n) is 6.56. The van der Waals surface area contributed by atoms with E-state index in [9.17, 15) is 50.3 Å². The number of urea groups is 1. The highest BCUT2D eigenvalue weighted by Crippen LogP contribution is 2.34. The van der Waals surface area contributed by atoms with Crippen molar-refractivity contribution in [1.29, 1.82) is 0 Å². The summed E-state index contributed by atoms with van der Waals surface area (Å²) in [6, 6.07) is 20.8. The predicted octanol–water partition coefficient (Wildman–Crippen LogP) is 6.58. The second-order valence-corrected chi connectivity index (χ2v) is 14.0. The number of nitrogens with zero attached hydrogens (tertiary/aromatic N) is 1. The van der Waals surface area contributed by atoms with Gasteiger partial charge in [0.25, 0.3) is 0 Å². The molecule has 5 rings (SSSR count). The van der Waals surface area contributed by atoms with Gasteiger partial charge in [0.15, 0.2) is 5.75 Å². The number of hydrogen-bond acceptors (Lipinski definition) is 10. The second-order valence-electron chi connectivity index (χ2n) is 14.0. The summed E-state index contributed by atoms with van der Waals surface area (Å²) in [6.07, 6.45) is -10.2. The molecule has 3 amide bonds. The summed E-state index contributed by atoms with van der Waals surface area (Å²) in [5.41, 5.74) is 1.16. The molecule has 1 aromatic heterocycles. The van der Waals surface area contributed by atoms with Gasteiger partial charge >= 0.3 is 36.4 Å². The molecule has 20 heteroatoms. The topological polar surface area (TPSA) is 180 Å². The number of benzene rings is 3. The number of unbranched alkanes of at least 4 members (excludes halogenated alkanes) is 2. The Labute approximate surface area is 345 Å². The molecule has 1 fully saturated rings. The van der Waals surface area contributed by atoms with Crippen LogP contribution in [0.25, 0.3) is 22.0 Å². The smallest absolute Gasteiger partial charge is 0.449 e. The van der Waals surface area contributed by atoms with Gasteiger partial charge in [-0.15, -0.1) is 0 Å². The molecule has 4 aromatic rings. The molecule has 0 saturated carbocycles. The molecule has 1 atom stereocenters. The third-order valence-electron chi connectivity index (χ3n) is 9.57. The summed E-state index contributed by atoms with van der Waals surface area (Å²) in [7, 11) is 0. The van der Waals surface area contributed by atoms with Crippen LogP contribution in [-0.4, -0.2) is 98.2 Å². The number of fused-ring (bicyclic) bond motifs is 1. The molecule has 2 heterocycles. The van der Waals surface area contributed by atoms with E-state index in [0.717, 1.165) is 35.4 Å². The minimum Gasteiger partial charge on any atom is -0.449 e. The maximum atomic E-state index is 13.2. The SMILES string of the molecule is O=C(NCCCCCNC[C@H](OC(=O)C(F)(F)F)c1ccc(OC(=O)C(F)(F)F)c2[nH]c(=O)ccc12)NCCN1CCC(OC(=O)Nc2ccccc2-c2ccccc2)CC1. The van der Waals surface area contributed by atoms with Crippen molar-refractivity contribution in [2.45, 2.75) is 56.7 Å². The third kappa shape index (κ3) is 14.0. The second kappa shape index (κ2) is 21.4. The monoisotopic (exact) mass is 862 g/mol. The number of halogens is 6. The van der Waals surface area contributed by atoms with E-state index < -0.39 is 53.3 Å². The van der Waals surface area contributed by atoms with Gasteiger partial charge < -0.3 is 40.0 Å². The highest BCUT2D eigenvalue weighted by atomic mass is 19.4. The number of pyridine rings is 1. The molecule has 0 spiro atoms. The average Bonchev–Trinajstić information content (AvgIpc) is 3.22. The van der Waals surface area contributed by atoms with Crippen molar-refractivity contribution in [2.24, 2.45) is 0 Å². The Morgan fingerprint density at radius 3 is 2.16 bits per heavy atom. The lowest BCUT2D eigenvalue weighted by Crippen LogP contribution is -2.44. The van der Waals surface area contributed by atoms with E-state index in [4.69, 9.17) is 9.47 Å². The van der Waals surface area contributed by atoms with Gasteiger partial charge in [0.2, 0.25) is 5.56 Å². The van der Waals surface area contributed by atoms with E-state index in [0.29, 0.717) is 70.5 Å². The number of nitrogens with one attached hydrogen (secondary N) is 5. The van der Waals surface area contributed by atoms with E-state index in [2.05, 4.69) is 35.9 Å². The van der Waals surface area contributed by atoms with Crippen molar-refractivity contribution in [3.05, 3.63) is 94.8 Å². The van der Waals surface area contributed by atoms with Crippen molar-refractivity contribution < 1.29 is 59.7 Å². The Morgan fingerprint density at radius 2 is 1.44 bits per heavy atom. The Morgan fingerprint density at radius 1 is 0.770 bits per heavy atom. The van der Waals surface area contributed by atoms with Crippen LogP contribution in [0, 0.1) is 0 Å². The van der Waals surface area contributed by atoms with E-state index in [-0.39, 0.29) is 36.2 Å². The van der Waals surface area contributed by atoms with Crippen molar-refractivity contribution in [3.63, 3.8) is 0 Å². The zero-order valence-corrected chi connectivity index (χ0v) is 32.6. The fraction of sp³-hybridized carbons (Fsp3) is 0.390. The number of carbonyl (C=O) groups is 4. The first-order valence-electron chi connectivity index (χ1n) is 19.4. The Kier molecular flexibility index (Phi) is 16.1. The Balaban J connectivity index is 0.979. The van der Waals surface area contributed by atoms with Crippen LogP contribution in [0.1, 0.15) is 43.8 Å². The molecule has 61 heavy (non-hydrogen) atoms. The molecule has 1 saturated heterocycles. The van der Waals surface area contributed by atoms with E-state index >= 15 is 0 Å². The average molecular weight is 863 g/mol. The molecule has 14 nitrogen and oxygen atoms in total. The van der Waals surface area contributed by atoms with E-state index in [1.165, 1.54) is 0 Å². The number of amides is 3. The van der Waals surface area contributed by atoms with Crippen molar-refractivity contribution >= 4 is 40.7 Å². The summed E-state index contributed by atoms with van der Waals surface area (Å²) in [4.78, 5) is 64.6. The van der Waals surface area contributed by atoms with Gasteiger partial charge in [-0.2, -0.15) is 26.3 Å². The molecular formula is C41H44F6N6O8. The highest BCUT2D eigenvalue weighted by Gasteiger charge is 2.43. The number of likely N-dealkylation sites (tertiary alicyclic amines) is 1. The molecule has 3 aromatic carbocycles. The zero-order chi connectivity index (χ0) is 44.0. The Bertz CT molecular complexity index is 2180. The van der Waals surface area contributed by atoms with Crippen LogP contribution in [0.4, 0.5) is 41.6 Å². The normalized spacial score (nSPS) is 14.2. The molecule has 0 unspecified atom stereocenters. The summed E-state index contributed by atoms with van der Waals surface area (Å²) in [5.74, 6) is -5.83. The van der Waals surface area contributed by atoms with Gasteiger partial charge in [0.05, 0.1) is 11.2 Å². The Hall–Kier alpha value is -6.15. The fourth-order valence-corrected chi connectivity index (χ4v) is 6.56. The van der Waals surface area contributed by atoms with Gasteiger partial charge in [-0.05, 0) is 56.0 Å². The molecule has 5 N–H and O–H groups in total. The number of alkyl halides is 6. The lowest BCUT2D eigenvalue weighted by molar-refractivity contribution is -0.205. The number of para-hydroxylation sites is 1. The number of anilines is 1. The van der Waals surface area contributed by atoms with Crippen LogP contribution in [-0.2, 0) is 19.1 Å². The first-order chi connectivity index (χ1) is 29.1. The summed E-state index contributed by atoms with van der Waals surface area (Å²) >= 11 is 0. The number of esters is 2. The van der Waals surface area contributed by atoms with Crippen LogP contribution in [0.3, 0.4) is 0 Å². The molecule has 1 aliphatic rings. The van der Waals surface area contributed by atoms with Gasteiger partial charge in [-0.1, -0.05) is 61.0 Å². The van der Waals surface area contributed by atoms with Gasteiger partial charge in [-0.25, -0.2) is 19.2 Å². The molecule has 0 radical (unpaired) electrons. The van der Waals surface area contributed by atoms with Crippen LogP contribution < -0.4 is 31.6 Å². The van der Waals surface area contributed by atoms with Crippen molar-refractivity contribution in [3.8, 4) is 16.9 Å². The summed E-state index contributed by atoms with van der Waals surface area (Å²) in [5, 5.41) is 11.2. The largest absolute Gasteiger partial charge is 0.491 e. The maximum Gasteiger partial charge on any atom is 0.491 e. The minimum atomic E-state index is -5.38. The molecule has 1 aliphatic heterocycles.